The van der Waals surface area contributed by atoms with Crippen LogP contribution in [0, 0.1) is 0 Å². The van der Waals surface area contributed by atoms with Crippen LogP contribution >= 0.6 is 0 Å². The molecule has 1 unspecified atom stereocenters. The second-order valence-electron chi connectivity index (χ2n) is 8.14. The fourth-order valence-electron chi connectivity index (χ4n) is 3.51. The van der Waals surface area contributed by atoms with Gasteiger partial charge in [-0.1, -0.05) is 97.1 Å². The summed E-state index contributed by atoms with van der Waals surface area (Å²) in [5.74, 6) is 0.479. The maximum Gasteiger partial charge on any atom is 0.335 e. The topological polar surface area (TPSA) is 65.0 Å². The summed E-state index contributed by atoms with van der Waals surface area (Å²) in [6, 6.07) is 34.5. The van der Waals surface area contributed by atoms with E-state index in [1.54, 1.807) is 12.1 Å². The van der Waals surface area contributed by atoms with Crippen LogP contribution in [0.3, 0.4) is 0 Å². The Morgan fingerprint density at radius 2 is 1.09 bits per heavy atom. The molecule has 5 heteroatoms. The molecule has 1 atom stereocenters. The predicted molar refractivity (Wildman–Crippen MR) is 134 cm³/mol. The van der Waals surface area contributed by atoms with Gasteiger partial charge in [0.25, 0.3) is 0 Å². The average molecular weight is 469 g/mol. The molecule has 0 aromatic heterocycles. The number of aliphatic hydroxyl groups excluding tert-OH is 1. The van der Waals surface area contributed by atoms with Crippen LogP contribution < -0.4 is 9.47 Å². The highest BCUT2D eigenvalue weighted by Crippen LogP contribution is 2.30. The van der Waals surface area contributed by atoms with Gasteiger partial charge in [0.15, 0.2) is 17.6 Å². The number of hydrogen-bond acceptors (Lipinski definition) is 5. The van der Waals surface area contributed by atoms with Crippen molar-refractivity contribution in [1.82, 2.24) is 0 Å². The zero-order chi connectivity index (χ0) is 24.3. The van der Waals surface area contributed by atoms with Gasteiger partial charge in [0.1, 0.15) is 19.8 Å². The van der Waals surface area contributed by atoms with E-state index in [4.69, 9.17) is 14.2 Å². The molecule has 0 saturated carbocycles. The molecule has 5 nitrogen and oxygen atoms in total. The lowest BCUT2D eigenvalue weighted by Gasteiger charge is -2.16. The maximum atomic E-state index is 12.3. The molecule has 0 aliphatic rings. The lowest BCUT2D eigenvalue weighted by Crippen LogP contribution is -2.25. The van der Waals surface area contributed by atoms with Crippen molar-refractivity contribution in [3.63, 3.8) is 0 Å². The van der Waals surface area contributed by atoms with E-state index in [1.165, 1.54) is 0 Å². The first-order valence-corrected chi connectivity index (χ1v) is 11.5. The van der Waals surface area contributed by atoms with E-state index in [9.17, 15) is 9.90 Å². The van der Waals surface area contributed by atoms with Crippen LogP contribution in [-0.2, 0) is 35.8 Å². The Bertz CT molecular complexity index is 1190. The molecule has 1 N–H and O–H groups in total. The third-order valence-corrected chi connectivity index (χ3v) is 5.41. The molecule has 0 spiro atoms. The number of aliphatic hydroxyl groups is 1. The summed E-state index contributed by atoms with van der Waals surface area (Å²) in [5.41, 5.74) is 3.67. The Labute approximate surface area is 205 Å². The van der Waals surface area contributed by atoms with Gasteiger partial charge in [-0.15, -0.1) is 0 Å². The van der Waals surface area contributed by atoms with Crippen molar-refractivity contribution in [1.29, 1.82) is 0 Å². The summed E-state index contributed by atoms with van der Waals surface area (Å²) < 4.78 is 17.4. The number of carbonyl (C=O) groups excluding carboxylic acids is 1. The monoisotopic (exact) mass is 468 g/mol. The van der Waals surface area contributed by atoms with E-state index < -0.39 is 12.1 Å². The third-order valence-electron chi connectivity index (χ3n) is 5.41. The molecule has 4 aromatic rings. The van der Waals surface area contributed by atoms with Crippen molar-refractivity contribution in [2.24, 2.45) is 0 Å². The maximum absolute atomic E-state index is 12.3. The van der Waals surface area contributed by atoms with Gasteiger partial charge in [0.05, 0.1) is 0 Å². The molecule has 0 fully saturated rings. The number of esters is 1. The van der Waals surface area contributed by atoms with Crippen LogP contribution in [0.2, 0.25) is 0 Å². The molecule has 0 bridgehead atoms. The molecule has 4 rings (SSSR count). The summed E-state index contributed by atoms with van der Waals surface area (Å²) in [6.45, 7) is 0.887. The van der Waals surface area contributed by atoms with Gasteiger partial charge in [-0.2, -0.15) is 0 Å². The smallest absolute Gasteiger partial charge is 0.335 e. The van der Waals surface area contributed by atoms with Gasteiger partial charge in [0, 0.05) is 6.42 Å². The van der Waals surface area contributed by atoms with Crippen LogP contribution in [0.15, 0.2) is 109 Å². The minimum atomic E-state index is -1.28. The highest BCUT2D eigenvalue weighted by molar-refractivity contribution is 5.74. The van der Waals surface area contributed by atoms with Crippen molar-refractivity contribution in [2.75, 3.05) is 0 Å². The van der Waals surface area contributed by atoms with Gasteiger partial charge in [-0.3, -0.25) is 0 Å². The van der Waals surface area contributed by atoms with Crippen LogP contribution in [0.4, 0.5) is 0 Å². The fraction of sp³-hybridized carbons (Fsp3) is 0.167. The predicted octanol–water partition coefficient (Wildman–Crippen LogP) is 5.49. The van der Waals surface area contributed by atoms with E-state index in [0.717, 1.165) is 22.3 Å². The van der Waals surface area contributed by atoms with Gasteiger partial charge >= 0.3 is 5.97 Å². The van der Waals surface area contributed by atoms with Crippen LogP contribution in [-0.4, -0.2) is 17.2 Å². The molecule has 4 aromatic carbocycles. The molecule has 0 saturated heterocycles. The van der Waals surface area contributed by atoms with Gasteiger partial charge in [0.2, 0.25) is 0 Å². The molecule has 0 aliphatic heterocycles. The Hall–Kier alpha value is -4.09. The van der Waals surface area contributed by atoms with E-state index >= 15 is 0 Å². The van der Waals surface area contributed by atoms with E-state index in [-0.39, 0.29) is 13.0 Å². The molecule has 0 radical (unpaired) electrons. The minimum absolute atomic E-state index is 0.105. The molecular formula is C30H28O5. The van der Waals surface area contributed by atoms with Gasteiger partial charge in [-0.25, -0.2) is 4.79 Å². The number of benzene rings is 4. The largest absolute Gasteiger partial charge is 0.485 e. The lowest BCUT2D eigenvalue weighted by molar-refractivity contribution is -0.154. The van der Waals surface area contributed by atoms with Crippen molar-refractivity contribution in [3.05, 3.63) is 131 Å². The highest BCUT2D eigenvalue weighted by atomic mass is 16.5. The van der Waals surface area contributed by atoms with Gasteiger partial charge in [-0.05, 0) is 34.4 Å². The normalized spacial score (nSPS) is 11.5. The first-order valence-electron chi connectivity index (χ1n) is 11.5. The SMILES string of the molecule is O=C(OCc1ccccc1)C(O)Cc1ccc(OCc2ccccc2)c(OCc2ccccc2)c1. The molecule has 0 heterocycles. The zero-order valence-electron chi connectivity index (χ0n) is 19.4. The van der Waals surface area contributed by atoms with E-state index in [0.29, 0.717) is 24.7 Å². The fourth-order valence-corrected chi connectivity index (χ4v) is 3.51. The number of ether oxygens (including phenoxy) is 3. The highest BCUT2D eigenvalue weighted by Gasteiger charge is 2.19. The second kappa shape index (κ2) is 12.4. The Morgan fingerprint density at radius 1 is 0.600 bits per heavy atom. The Kier molecular flexibility index (Phi) is 8.52. The number of rotatable bonds is 11. The quantitative estimate of drug-likeness (QED) is 0.295. The lowest BCUT2D eigenvalue weighted by atomic mass is 10.1. The summed E-state index contributed by atoms with van der Waals surface area (Å²) in [6.07, 6.45) is -1.18. The summed E-state index contributed by atoms with van der Waals surface area (Å²) in [7, 11) is 0. The van der Waals surface area contributed by atoms with Crippen molar-refractivity contribution in [2.45, 2.75) is 32.3 Å². The molecule has 178 valence electrons. The van der Waals surface area contributed by atoms with Gasteiger partial charge < -0.3 is 19.3 Å². The Balaban J connectivity index is 1.42. The third kappa shape index (κ3) is 7.45. The van der Waals surface area contributed by atoms with Crippen LogP contribution in [0.25, 0.3) is 0 Å². The van der Waals surface area contributed by atoms with Crippen LogP contribution in [0.5, 0.6) is 11.5 Å². The van der Waals surface area contributed by atoms with Crippen molar-refractivity contribution >= 4 is 5.97 Å². The standard InChI is InChI=1S/C30H28O5/c31-27(30(32)35-22-25-14-8-3-9-15-25)18-26-16-17-28(33-20-23-10-4-1-5-11-23)29(19-26)34-21-24-12-6-2-7-13-24/h1-17,19,27,31H,18,20-22H2. The average Bonchev–Trinajstić information content (AvgIpc) is 2.91. The van der Waals surface area contributed by atoms with Crippen LogP contribution in [0.1, 0.15) is 22.3 Å². The second-order valence-corrected chi connectivity index (χ2v) is 8.14. The summed E-state index contributed by atoms with van der Waals surface area (Å²) >= 11 is 0. The summed E-state index contributed by atoms with van der Waals surface area (Å²) in [4.78, 5) is 12.3. The molecular weight excluding hydrogens is 440 g/mol. The Morgan fingerprint density at radius 3 is 1.63 bits per heavy atom. The first-order chi connectivity index (χ1) is 17.2. The number of hydrogen-bond donors (Lipinski definition) is 1. The molecule has 0 aliphatic carbocycles. The minimum Gasteiger partial charge on any atom is -0.485 e. The first kappa shape index (κ1) is 24.0. The van der Waals surface area contributed by atoms with Crippen molar-refractivity contribution in [3.8, 4) is 11.5 Å². The van der Waals surface area contributed by atoms with E-state index in [1.807, 2.05) is 97.1 Å². The molecule has 0 amide bonds. The molecule has 35 heavy (non-hydrogen) atoms. The van der Waals surface area contributed by atoms with E-state index in [2.05, 4.69) is 0 Å². The zero-order valence-corrected chi connectivity index (χ0v) is 19.4. The summed E-state index contributed by atoms with van der Waals surface area (Å²) in [5, 5.41) is 10.4. The van der Waals surface area contributed by atoms with Crippen molar-refractivity contribution < 1.29 is 24.1 Å². The number of carbonyl (C=O) groups is 1.